The van der Waals surface area contributed by atoms with E-state index in [1.165, 1.54) is 12.8 Å². The highest BCUT2D eigenvalue weighted by Gasteiger charge is 2.42. The van der Waals surface area contributed by atoms with Crippen molar-refractivity contribution in [2.45, 2.75) is 25.9 Å². The molecule has 0 spiro atoms. The third kappa shape index (κ3) is 5.07. The molecule has 2 aromatic heterocycles. The van der Waals surface area contributed by atoms with E-state index < -0.39 is 0 Å². The quantitative estimate of drug-likeness (QED) is 0.249. The summed E-state index contributed by atoms with van der Waals surface area (Å²) in [6.45, 7) is 7.50. The van der Waals surface area contributed by atoms with Crippen molar-refractivity contribution in [1.82, 2.24) is 14.9 Å². The molecule has 2 aliphatic heterocycles. The van der Waals surface area contributed by atoms with Crippen molar-refractivity contribution in [2.24, 2.45) is 0 Å². The van der Waals surface area contributed by atoms with Gasteiger partial charge < -0.3 is 29.2 Å². The van der Waals surface area contributed by atoms with Crippen LogP contribution < -0.4 is 15.1 Å². The minimum Gasteiger partial charge on any atom is -0.465 e. The molecule has 4 aromatic rings. The molecule has 0 saturated carbocycles. The second-order valence-corrected chi connectivity index (χ2v) is 10.7. The molecule has 2 fully saturated rings. The number of nitrogens with zero attached hydrogens (tertiary/aromatic N) is 4. The number of benzene rings is 2. The van der Waals surface area contributed by atoms with Crippen molar-refractivity contribution in [1.29, 1.82) is 0 Å². The lowest BCUT2D eigenvalue weighted by molar-refractivity contribution is 0.0600. The van der Waals surface area contributed by atoms with Gasteiger partial charge in [-0.1, -0.05) is 6.07 Å². The fraction of sp³-hybridized carbons (Fsp3) is 0.281. The van der Waals surface area contributed by atoms with E-state index in [0.717, 1.165) is 60.3 Å². The number of thiocarbonyl (C=S) groups is 1. The Morgan fingerprint density at radius 3 is 2.32 bits per heavy atom. The van der Waals surface area contributed by atoms with E-state index in [9.17, 15) is 4.79 Å². The first-order chi connectivity index (χ1) is 20.0. The first-order valence-electron chi connectivity index (χ1n) is 13.8. The first kappa shape index (κ1) is 27.0. The molecule has 0 aliphatic carbocycles. The summed E-state index contributed by atoms with van der Waals surface area (Å²) in [4.78, 5) is 21.3. The van der Waals surface area contributed by atoms with Gasteiger partial charge in [0.2, 0.25) is 0 Å². The third-order valence-corrected chi connectivity index (χ3v) is 8.25. The van der Waals surface area contributed by atoms with Crippen LogP contribution in [0.3, 0.4) is 0 Å². The number of esters is 1. The third-order valence-electron chi connectivity index (χ3n) is 7.94. The molecule has 0 bridgehead atoms. The van der Waals surface area contributed by atoms with E-state index in [2.05, 4.69) is 63.9 Å². The Balaban J connectivity index is 1.41. The number of hydrogen-bond acceptors (Lipinski definition) is 6. The number of aromatic nitrogens is 2. The van der Waals surface area contributed by atoms with Gasteiger partial charge in [0.25, 0.3) is 0 Å². The summed E-state index contributed by atoms with van der Waals surface area (Å²) in [6.07, 6.45) is 1.82. The minimum atomic E-state index is -0.350. The average Bonchev–Trinajstić information content (AvgIpc) is 3.52. The van der Waals surface area contributed by atoms with Gasteiger partial charge in [-0.2, -0.15) is 0 Å². The summed E-state index contributed by atoms with van der Waals surface area (Å²) < 4.78 is 12.6. The second-order valence-electron chi connectivity index (χ2n) is 10.3. The maximum absolute atomic E-state index is 12.0. The van der Waals surface area contributed by atoms with Crippen LogP contribution in [-0.4, -0.2) is 54.0 Å². The molecule has 0 unspecified atom stereocenters. The van der Waals surface area contributed by atoms with E-state index in [1.807, 2.05) is 36.5 Å². The van der Waals surface area contributed by atoms with Gasteiger partial charge in [0, 0.05) is 47.7 Å². The lowest BCUT2D eigenvalue weighted by Gasteiger charge is -2.31. The summed E-state index contributed by atoms with van der Waals surface area (Å²) in [5.41, 5.74) is 7.97. The Kier molecular flexibility index (Phi) is 7.47. The van der Waals surface area contributed by atoms with Gasteiger partial charge >= 0.3 is 5.97 Å². The van der Waals surface area contributed by atoms with Crippen LogP contribution in [0.2, 0.25) is 0 Å². The van der Waals surface area contributed by atoms with E-state index in [0.29, 0.717) is 10.7 Å². The number of morpholine rings is 1. The van der Waals surface area contributed by atoms with Gasteiger partial charge in [0.1, 0.15) is 0 Å². The molecular formula is C32H33N5O3S. The standard InChI is InChI=1S/C32H33N5O3S/c1-21-20-27(22(2)36(21)25-9-7-23(8-10-25)31(38)39-3)30-29(28-6-4-5-15-33-28)34-32(41)37(30)26-13-11-24(12-14-26)35-16-18-40-19-17-35/h4-15,20,29-30H,16-19H2,1-3H3,(H,34,41)/t29-,30-/m0/s1. The van der Waals surface area contributed by atoms with E-state index in [1.54, 1.807) is 12.1 Å². The van der Waals surface area contributed by atoms with Gasteiger partial charge in [-0.05, 0) is 98.4 Å². The van der Waals surface area contributed by atoms with Gasteiger partial charge in [-0.25, -0.2) is 4.79 Å². The monoisotopic (exact) mass is 567 g/mol. The van der Waals surface area contributed by atoms with Crippen molar-refractivity contribution < 1.29 is 14.3 Å². The van der Waals surface area contributed by atoms with Crippen LogP contribution in [0.4, 0.5) is 11.4 Å². The molecule has 0 radical (unpaired) electrons. The molecule has 2 aliphatic rings. The van der Waals surface area contributed by atoms with Crippen molar-refractivity contribution in [3.8, 4) is 5.69 Å². The first-order valence-corrected chi connectivity index (χ1v) is 14.2. The number of rotatable bonds is 6. The van der Waals surface area contributed by atoms with Crippen LogP contribution >= 0.6 is 12.2 Å². The van der Waals surface area contributed by atoms with E-state index in [4.69, 9.17) is 26.7 Å². The number of methoxy groups -OCH3 is 1. The van der Waals surface area contributed by atoms with Crippen LogP contribution in [0, 0.1) is 13.8 Å². The van der Waals surface area contributed by atoms with Crippen molar-refractivity contribution >= 4 is 34.7 Å². The molecule has 1 N–H and O–H groups in total. The van der Waals surface area contributed by atoms with Crippen LogP contribution in [0.5, 0.6) is 0 Å². The number of anilines is 2. The molecular weight excluding hydrogens is 534 g/mol. The maximum atomic E-state index is 12.0. The number of hydrogen-bond donors (Lipinski definition) is 1. The molecule has 41 heavy (non-hydrogen) atoms. The summed E-state index contributed by atoms with van der Waals surface area (Å²) in [5.74, 6) is -0.350. The Hall–Kier alpha value is -4.21. The fourth-order valence-corrected chi connectivity index (χ4v) is 6.29. The smallest absolute Gasteiger partial charge is 0.337 e. The van der Waals surface area contributed by atoms with E-state index >= 15 is 0 Å². The highest BCUT2D eigenvalue weighted by molar-refractivity contribution is 7.80. The van der Waals surface area contributed by atoms with Gasteiger partial charge in [-0.15, -0.1) is 0 Å². The van der Waals surface area contributed by atoms with Crippen LogP contribution in [0.25, 0.3) is 5.69 Å². The van der Waals surface area contributed by atoms with Gasteiger partial charge in [-0.3, -0.25) is 4.98 Å². The largest absolute Gasteiger partial charge is 0.465 e. The number of carbonyl (C=O) groups is 1. The Morgan fingerprint density at radius 2 is 1.66 bits per heavy atom. The molecule has 2 atom stereocenters. The number of carbonyl (C=O) groups excluding carboxylic acids is 1. The predicted molar refractivity (Wildman–Crippen MR) is 164 cm³/mol. The summed E-state index contributed by atoms with van der Waals surface area (Å²) in [6, 6.07) is 24.1. The van der Waals surface area contributed by atoms with Crippen molar-refractivity contribution in [3.05, 3.63) is 107 Å². The zero-order chi connectivity index (χ0) is 28.5. The zero-order valence-corrected chi connectivity index (χ0v) is 24.2. The minimum absolute atomic E-state index is 0.124. The molecule has 8 nitrogen and oxygen atoms in total. The SMILES string of the molecule is COC(=O)c1ccc(-n2c(C)cc([C@H]3[C@H](c4ccccn4)NC(=S)N3c3ccc(N4CCOCC4)cc3)c2C)cc1. The van der Waals surface area contributed by atoms with Crippen LogP contribution in [0.15, 0.2) is 79.0 Å². The average molecular weight is 568 g/mol. The molecule has 6 rings (SSSR count). The highest BCUT2D eigenvalue weighted by Crippen LogP contribution is 2.44. The predicted octanol–water partition coefficient (Wildman–Crippen LogP) is 5.29. The zero-order valence-electron chi connectivity index (χ0n) is 23.4. The number of ether oxygens (including phenoxy) is 2. The lowest BCUT2D eigenvalue weighted by atomic mass is 9.96. The molecule has 0 amide bonds. The number of pyridine rings is 1. The van der Waals surface area contributed by atoms with Gasteiger partial charge in [0.05, 0.1) is 43.7 Å². The van der Waals surface area contributed by atoms with Crippen LogP contribution in [0.1, 0.15) is 45.1 Å². The second kappa shape index (κ2) is 11.3. The normalized spacial score (nSPS) is 18.9. The highest BCUT2D eigenvalue weighted by atomic mass is 32.1. The number of aryl methyl sites for hydroxylation is 1. The topological polar surface area (TPSA) is 71.9 Å². The Bertz CT molecular complexity index is 1550. The summed E-state index contributed by atoms with van der Waals surface area (Å²) >= 11 is 5.97. The lowest BCUT2D eigenvalue weighted by Crippen LogP contribution is -2.36. The van der Waals surface area contributed by atoms with E-state index in [-0.39, 0.29) is 18.1 Å². The summed E-state index contributed by atoms with van der Waals surface area (Å²) in [7, 11) is 1.39. The molecule has 2 saturated heterocycles. The van der Waals surface area contributed by atoms with Crippen LogP contribution in [-0.2, 0) is 9.47 Å². The molecule has 210 valence electrons. The maximum Gasteiger partial charge on any atom is 0.337 e. The Labute approximate surface area is 245 Å². The Morgan fingerprint density at radius 1 is 0.976 bits per heavy atom. The van der Waals surface area contributed by atoms with Gasteiger partial charge in [0.15, 0.2) is 5.11 Å². The molecule has 4 heterocycles. The molecule has 2 aromatic carbocycles. The molecule has 9 heteroatoms. The summed E-state index contributed by atoms with van der Waals surface area (Å²) in [5, 5.41) is 4.24. The van der Waals surface area contributed by atoms with Crippen molar-refractivity contribution in [3.63, 3.8) is 0 Å². The number of nitrogens with one attached hydrogen (secondary N) is 1. The fourth-order valence-electron chi connectivity index (χ4n) is 5.94. The van der Waals surface area contributed by atoms with Crippen molar-refractivity contribution in [2.75, 3.05) is 43.2 Å².